The Morgan fingerprint density at radius 2 is 1.64 bits per heavy atom. The fraction of sp³-hybridized carbons (Fsp3) is 0.643. The molecule has 212 valence electrons. The minimum absolute atomic E-state index is 0.0905. The molecule has 39 heavy (non-hydrogen) atoms. The van der Waals surface area contributed by atoms with Crippen LogP contribution in [-0.4, -0.2) is 72.8 Å². The van der Waals surface area contributed by atoms with Gasteiger partial charge in [0.25, 0.3) is 11.8 Å². The van der Waals surface area contributed by atoms with E-state index in [2.05, 4.69) is 27.3 Å². The van der Waals surface area contributed by atoms with E-state index in [4.69, 9.17) is 10.3 Å². The first-order valence-corrected chi connectivity index (χ1v) is 14.1. The third-order valence-corrected chi connectivity index (χ3v) is 7.27. The van der Waals surface area contributed by atoms with E-state index in [-0.39, 0.29) is 24.0 Å². The van der Waals surface area contributed by atoms with Gasteiger partial charge in [-0.1, -0.05) is 62.5 Å². The molecule has 1 saturated heterocycles. The van der Waals surface area contributed by atoms with E-state index in [9.17, 15) is 19.2 Å². The summed E-state index contributed by atoms with van der Waals surface area (Å²) in [5.41, 5.74) is 8.74. The zero-order chi connectivity index (χ0) is 28.0. The van der Waals surface area contributed by atoms with Crippen LogP contribution in [0.3, 0.4) is 0 Å². The summed E-state index contributed by atoms with van der Waals surface area (Å²) < 4.78 is 5.90. The molecule has 0 spiro atoms. The minimum atomic E-state index is -0.980. The van der Waals surface area contributed by atoms with Crippen LogP contribution < -0.4 is 10.1 Å². The number of benzene rings is 1. The predicted molar refractivity (Wildman–Crippen MR) is 146 cm³/mol. The SMILES string of the molecule is CN(CCCCCCCCCCCCOc1cccc2c1C(=O)N(C1CCC(=O)NC1=O)C2=O)CCN=[N+]=[N-]. The zero-order valence-corrected chi connectivity index (χ0v) is 22.9. The number of nitrogens with one attached hydrogen (secondary N) is 1. The molecule has 11 heteroatoms. The Morgan fingerprint density at radius 1 is 0.974 bits per heavy atom. The van der Waals surface area contributed by atoms with Crippen molar-refractivity contribution in [3.05, 3.63) is 39.8 Å². The number of azide groups is 1. The molecule has 1 N–H and O–H groups in total. The summed E-state index contributed by atoms with van der Waals surface area (Å²) >= 11 is 0. The first kappa shape index (κ1) is 30.1. The van der Waals surface area contributed by atoms with Gasteiger partial charge in [-0.25, -0.2) is 0 Å². The maximum atomic E-state index is 13.1. The Bertz CT molecular complexity index is 1070. The van der Waals surface area contributed by atoms with Gasteiger partial charge in [0.05, 0.1) is 17.7 Å². The Labute approximate surface area is 229 Å². The predicted octanol–water partition coefficient (Wildman–Crippen LogP) is 4.61. The van der Waals surface area contributed by atoms with Gasteiger partial charge in [0, 0.05) is 24.4 Å². The summed E-state index contributed by atoms with van der Waals surface area (Å²) in [5, 5.41) is 5.77. The van der Waals surface area contributed by atoms with Crippen LogP contribution in [0.4, 0.5) is 0 Å². The number of hydrogen-bond donors (Lipinski definition) is 1. The van der Waals surface area contributed by atoms with Crippen molar-refractivity contribution in [1.29, 1.82) is 0 Å². The smallest absolute Gasteiger partial charge is 0.266 e. The number of fused-ring (bicyclic) bond motifs is 1. The van der Waals surface area contributed by atoms with Gasteiger partial charge in [0.2, 0.25) is 11.8 Å². The Morgan fingerprint density at radius 3 is 2.31 bits per heavy atom. The van der Waals surface area contributed by atoms with Crippen LogP contribution in [-0.2, 0) is 9.59 Å². The Balaban J connectivity index is 1.27. The highest BCUT2D eigenvalue weighted by atomic mass is 16.5. The number of amides is 4. The first-order chi connectivity index (χ1) is 18.9. The lowest BCUT2D eigenvalue weighted by Gasteiger charge is -2.27. The summed E-state index contributed by atoms with van der Waals surface area (Å²) in [6.07, 6.45) is 11.8. The largest absolute Gasteiger partial charge is 0.493 e. The molecule has 1 aromatic carbocycles. The number of carbonyl (C=O) groups excluding carboxylic acids is 4. The van der Waals surface area contributed by atoms with Gasteiger partial charge in [-0.05, 0) is 50.5 Å². The second kappa shape index (κ2) is 15.9. The number of piperidine rings is 1. The van der Waals surface area contributed by atoms with Crippen molar-refractivity contribution in [2.45, 2.75) is 83.1 Å². The molecular formula is C28H40N6O5. The van der Waals surface area contributed by atoms with Crippen LogP contribution in [0.1, 0.15) is 97.8 Å². The molecule has 1 atom stereocenters. The minimum Gasteiger partial charge on any atom is -0.493 e. The number of unbranched alkanes of at least 4 members (excludes halogenated alkanes) is 9. The van der Waals surface area contributed by atoms with E-state index in [1.54, 1.807) is 18.2 Å². The van der Waals surface area contributed by atoms with E-state index in [1.165, 1.54) is 44.9 Å². The van der Waals surface area contributed by atoms with Gasteiger partial charge < -0.3 is 9.64 Å². The van der Waals surface area contributed by atoms with Crippen molar-refractivity contribution in [3.63, 3.8) is 0 Å². The number of imide groups is 2. The van der Waals surface area contributed by atoms with Crippen LogP contribution in [0.15, 0.2) is 23.3 Å². The number of rotatable bonds is 18. The second-order valence-electron chi connectivity index (χ2n) is 10.3. The molecular weight excluding hydrogens is 500 g/mol. The maximum absolute atomic E-state index is 13.1. The fourth-order valence-corrected chi connectivity index (χ4v) is 5.06. The third kappa shape index (κ3) is 8.80. The van der Waals surface area contributed by atoms with Crippen molar-refractivity contribution in [2.24, 2.45) is 5.11 Å². The molecule has 0 aliphatic carbocycles. The second-order valence-corrected chi connectivity index (χ2v) is 10.3. The van der Waals surface area contributed by atoms with Gasteiger partial charge in [-0.2, -0.15) is 0 Å². The summed E-state index contributed by atoms with van der Waals surface area (Å²) in [4.78, 5) is 55.7. The van der Waals surface area contributed by atoms with Crippen LogP contribution in [0.2, 0.25) is 0 Å². The molecule has 11 nitrogen and oxygen atoms in total. The molecule has 2 heterocycles. The Kier molecular flexibility index (Phi) is 12.2. The number of hydrogen-bond acceptors (Lipinski definition) is 7. The molecule has 1 aromatic rings. The number of nitrogens with zero attached hydrogens (tertiary/aromatic N) is 5. The van der Waals surface area contributed by atoms with Gasteiger partial charge in [-0.3, -0.25) is 29.4 Å². The van der Waals surface area contributed by atoms with Gasteiger partial charge in [0.1, 0.15) is 11.8 Å². The van der Waals surface area contributed by atoms with Crippen LogP contribution >= 0.6 is 0 Å². The standard InChI is InChI=1S/C28H40N6O5/c1-33(19-17-30-32-29)18-10-8-6-4-2-3-5-7-9-11-20-39-23-14-12-13-21-25(23)28(38)34(27(21)37)22-15-16-24(35)31-26(22)36/h12-14,22H,2-11,15-20H2,1H3,(H,31,35,36). The molecule has 0 radical (unpaired) electrons. The monoisotopic (exact) mass is 540 g/mol. The highest BCUT2D eigenvalue weighted by Crippen LogP contribution is 2.33. The lowest BCUT2D eigenvalue weighted by Crippen LogP contribution is -2.54. The topological polar surface area (TPSA) is 145 Å². The molecule has 1 unspecified atom stereocenters. The van der Waals surface area contributed by atoms with Crippen LogP contribution in [0.5, 0.6) is 5.75 Å². The molecule has 1 fully saturated rings. The highest BCUT2D eigenvalue weighted by molar-refractivity contribution is 6.24. The van der Waals surface area contributed by atoms with Gasteiger partial charge >= 0.3 is 0 Å². The number of carbonyl (C=O) groups is 4. The third-order valence-electron chi connectivity index (χ3n) is 7.27. The van der Waals surface area contributed by atoms with E-state index < -0.39 is 29.7 Å². The molecule has 2 aliphatic heterocycles. The van der Waals surface area contributed by atoms with Crippen molar-refractivity contribution in [3.8, 4) is 5.75 Å². The van der Waals surface area contributed by atoms with Crippen molar-refractivity contribution >= 4 is 23.6 Å². The maximum Gasteiger partial charge on any atom is 0.266 e. The van der Waals surface area contributed by atoms with E-state index in [1.807, 2.05) is 0 Å². The average Bonchev–Trinajstić information content (AvgIpc) is 3.17. The molecule has 4 amide bonds. The van der Waals surface area contributed by atoms with E-state index in [0.29, 0.717) is 18.9 Å². The number of ether oxygens (including phenoxy) is 1. The summed E-state index contributed by atoms with van der Waals surface area (Å²) in [7, 11) is 2.06. The van der Waals surface area contributed by atoms with Crippen molar-refractivity contribution in [2.75, 3.05) is 33.3 Å². The molecule has 0 bridgehead atoms. The lowest BCUT2D eigenvalue weighted by molar-refractivity contribution is -0.136. The molecule has 0 aromatic heterocycles. The van der Waals surface area contributed by atoms with Crippen molar-refractivity contribution < 1.29 is 23.9 Å². The highest BCUT2D eigenvalue weighted by Gasteiger charge is 2.45. The summed E-state index contributed by atoms with van der Waals surface area (Å²) in [6, 6.07) is 3.95. The van der Waals surface area contributed by atoms with Crippen molar-refractivity contribution in [1.82, 2.24) is 15.1 Å². The summed E-state index contributed by atoms with van der Waals surface area (Å²) in [6.45, 7) is 2.83. The molecule has 3 rings (SSSR count). The first-order valence-electron chi connectivity index (χ1n) is 14.1. The molecule has 2 aliphatic rings. The molecule has 0 saturated carbocycles. The Hall–Kier alpha value is -3.43. The average molecular weight is 541 g/mol. The quantitative estimate of drug-likeness (QED) is 0.0946. The van der Waals surface area contributed by atoms with Crippen LogP contribution in [0, 0.1) is 0 Å². The van der Waals surface area contributed by atoms with Crippen LogP contribution in [0.25, 0.3) is 10.4 Å². The lowest BCUT2D eigenvalue weighted by atomic mass is 10.0. The van der Waals surface area contributed by atoms with Gasteiger partial charge in [0.15, 0.2) is 0 Å². The number of likely N-dealkylation sites (N-methyl/N-ethyl adjacent to an activating group) is 1. The van der Waals surface area contributed by atoms with Gasteiger partial charge in [-0.15, -0.1) is 0 Å². The van der Waals surface area contributed by atoms with E-state index in [0.717, 1.165) is 37.3 Å². The normalized spacial score (nSPS) is 16.9. The fourth-order valence-electron chi connectivity index (χ4n) is 5.06. The zero-order valence-electron chi connectivity index (χ0n) is 22.9. The van der Waals surface area contributed by atoms with E-state index >= 15 is 0 Å². The summed E-state index contributed by atoms with van der Waals surface area (Å²) in [5.74, 6) is -1.72.